The first-order valence-corrected chi connectivity index (χ1v) is 6.46. The highest BCUT2D eigenvalue weighted by Crippen LogP contribution is 2.10. The second-order valence-corrected chi connectivity index (χ2v) is 4.65. The third kappa shape index (κ3) is 3.97. The van der Waals surface area contributed by atoms with E-state index >= 15 is 0 Å². The van der Waals surface area contributed by atoms with Gasteiger partial charge in [0.2, 0.25) is 0 Å². The molecule has 0 aromatic heterocycles. The Labute approximate surface area is 100 Å². The number of rotatable bonds is 6. The van der Waals surface area contributed by atoms with Gasteiger partial charge in [-0.05, 0) is 50.8 Å². The van der Waals surface area contributed by atoms with Crippen LogP contribution in [-0.4, -0.2) is 12.6 Å². The van der Waals surface area contributed by atoms with E-state index in [1.165, 1.54) is 29.5 Å². The fourth-order valence-corrected chi connectivity index (χ4v) is 2.11. The maximum absolute atomic E-state index is 3.61. The van der Waals surface area contributed by atoms with E-state index in [0.29, 0.717) is 6.04 Å². The summed E-state index contributed by atoms with van der Waals surface area (Å²) in [5.41, 5.74) is 4.25. The summed E-state index contributed by atoms with van der Waals surface area (Å²) in [7, 11) is 0. The van der Waals surface area contributed by atoms with E-state index in [1.807, 2.05) is 0 Å². The van der Waals surface area contributed by atoms with Crippen LogP contribution in [0.15, 0.2) is 18.2 Å². The lowest BCUT2D eigenvalue weighted by Crippen LogP contribution is -2.29. The molecular weight excluding hydrogens is 194 g/mol. The molecule has 1 nitrogen and oxygen atoms in total. The highest BCUT2D eigenvalue weighted by atomic mass is 14.9. The van der Waals surface area contributed by atoms with Gasteiger partial charge in [0, 0.05) is 6.04 Å². The lowest BCUT2D eigenvalue weighted by molar-refractivity contribution is 0.488. The Morgan fingerprint density at radius 2 is 1.81 bits per heavy atom. The monoisotopic (exact) mass is 219 g/mol. The van der Waals surface area contributed by atoms with Crippen molar-refractivity contribution in [3.05, 3.63) is 34.9 Å². The van der Waals surface area contributed by atoms with Crippen LogP contribution in [0.3, 0.4) is 0 Å². The van der Waals surface area contributed by atoms with E-state index in [0.717, 1.165) is 13.0 Å². The van der Waals surface area contributed by atoms with E-state index in [1.54, 1.807) is 0 Å². The lowest BCUT2D eigenvalue weighted by Gasteiger charge is -2.15. The number of aryl methyl sites for hydroxylation is 2. The van der Waals surface area contributed by atoms with Crippen molar-refractivity contribution >= 4 is 0 Å². The van der Waals surface area contributed by atoms with Crippen LogP contribution in [-0.2, 0) is 6.42 Å². The predicted octanol–water partition coefficient (Wildman–Crippen LogP) is 3.62. The summed E-state index contributed by atoms with van der Waals surface area (Å²) in [4.78, 5) is 0. The molecule has 1 aromatic rings. The molecule has 0 saturated carbocycles. The molecule has 0 bridgehead atoms. The first kappa shape index (κ1) is 13.2. The molecular formula is C15H25N. The van der Waals surface area contributed by atoms with Crippen LogP contribution < -0.4 is 5.32 Å². The number of nitrogens with one attached hydrogen (secondary N) is 1. The van der Waals surface area contributed by atoms with Crippen LogP contribution in [0.5, 0.6) is 0 Å². The van der Waals surface area contributed by atoms with Crippen molar-refractivity contribution in [1.29, 1.82) is 0 Å². The van der Waals surface area contributed by atoms with Crippen molar-refractivity contribution in [2.45, 2.75) is 53.0 Å². The van der Waals surface area contributed by atoms with Gasteiger partial charge in [0.25, 0.3) is 0 Å². The van der Waals surface area contributed by atoms with E-state index < -0.39 is 0 Å². The summed E-state index contributed by atoms with van der Waals surface area (Å²) < 4.78 is 0. The van der Waals surface area contributed by atoms with Crippen molar-refractivity contribution in [2.75, 3.05) is 6.54 Å². The third-order valence-corrected chi connectivity index (χ3v) is 3.31. The van der Waals surface area contributed by atoms with Gasteiger partial charge in [-0.2, -0.15) is 0 Å². The van der Waals surface area contributed by atoms with Crippen LogP contribution in [0, 0.1) is 13.8 Å². The second-order valence-electron chi connectivity index (χ2n) is 4.65. The molecule has 0 aliphatic rings. The second kappa shape index (κ2) is 6.70. The van der Waals surface area contributed by atoms with E-state index in [2.05, 4.69) is 51.2 Å². The SMILES string of the molecule is CCC(CC)NCCc1ccc(C)cc1C. The topological polar surface area (TPSA) is 12.0 Å². The zero-order chi connectivity index (χ0) is 12.0. The predicted molar refractivity (Wildman–Crippen MR) is 72.0 cm³/mol. The summed E-state index contributed by atoms with van der Waals surface area (Å²) in [6, 6.07) is 7.43. The van der Waals surface area contributed by atoms with Crippen LogP contribution in [0.25, 0.3) is 0 Å². The van der Waals surface area contributed by atoms with Crippen molar-refractivity contribution in [1.82, 2.24) is 5.32 Å². The van der Waals surface area contributed by atoms with Crippen molar-refractivity contribution in [3.8, 4) is 0 Å². The molecule has 0 aliphatic heterocycles. The van der Waals surface area contributed by atoms with Gasteiger partial charge < -0.3 is 5.32 Å². The molecule has 0 radical (unpaired) electrons. The average molecular weight is 219 g/mol. The summed E-state index contributed by atoms with van der Waals surface area (Å²) >= 11 is 0. The molecule has 0 spiro atoms. The fourth-order valence-electron chi connectivity index (χ4n) is 2.11. The first-order valence-electron chi connectivity index (χ1n) is 6.46. The largest absolute Gasteiger partial charge is 0.314 e. The molecule has 0 heterocycles. The van der Waals surface area contributed by atoms with Gasteiger partial charge >= 0.3 is 0 Å². The van der Waals surface area contributed by atoms with E-state index in [4.69, 9.17) is 0 Å². The number of hydrogen-bond acceptors (Lipinski definition) is 1. The molecule has 1 aromatic carbocycles. The van der Waals surface area contributed by atoms with Gasteiger partial charge in [0.15, 0.2) is 0 Å². The molecule has 0 unspecified atom stereocenters. The third-order valence-electron chi connectivity index (χ3n) is 3.31. The highest BCUT2D eigenvalue weighted by molar-refractivity contribution is 5.30. The minimum atomic E-state index is 0.686. The van der Waals surface area contributed by atoms with Gasteiger partial charge in [-0.1, -0.05) is 37.6 Å². The molecule has 0 fully saturated rings. The van der Waals surface area contributed by atoms with E-state index in [9.17, 15) is 0 Å². The summed E-state index contributed by atoms with van der Waals surface area (Å²) in [5, 5.41) is 3.61. The Morgan fingerprint density at radius 3 is 2.38 bits per heavy atom. The first-order chi connectivity index (χ1) is 7.67. The quantitative estimate of drug-likeness (QED) is 0.770. The van der Waals surface area contributed by atoms with Crippen molar-refractivity contribution in [2.24, 2.45) is 0 Å². The summed E-state index contributed by atoms with van der Waals surface area (Å²) in [6.45, 7) is 9.95. The summed E-state index contributed by atoms with van der Waals surface area (Å²) in [6.07, 6.45) is 3.59. The Morgan fingerprint density at radius 1 is 1.12 bits per heavy atom. The van der Waals surface area contributed by atoms with Crippen molar-refractivity contribution in [3.63, 3.8) is 0 Å². The Kier molecular flexibility index (Phi) is 5.54. The highest BCUT2D eigenvalue weighted by Gasteiger charge is 2.02. The standard InChI is InChI=1S/C15H25N/c1-5-15(6-2)16-10-9-14-8-7-12(3)11-13(14)4/h7-8,11,15-16H,5-6,9-10H2,1-4H3. The van der Waals surface area contributed by atoms with Gasteiger partial charge in [0.1, 0.15) is 0 Å². The molecule has 0 aliphatic carbocycles. The average Bonchev–Trinajstić information content (AvgIpc) is 2.27. The van der Waals surface area contributed by atoms with Gasteiger partial charge in [-0.25, -0.2) is 0 Å². The molecule has 90 valence electrons. The minimum Gasteiger partial charge on any atom is -0.314 e. The molecule has 1 rings (SSSR count). The molecule has 1 heteroatoms. The van der Waals surface area contributed by atoms with Gasteiger partial charge in [-0.3, -0.25) is 0 Å². The molecule has 0 amide bonds. The number of benzene rings is 1. The summed E-state index contributed by atoms with van der Waals surface area (Å²) in [5.74, 6) is 0. The van der Waals surface area contributed by atoms with Crippen LogP contribution in [0.4, 0.5) is 0 Å². The lowest BCUT2D eigenvalue weighted by atomic mass is 10.0. The normalized spacial score (nSPS) is 11.1. The Hall–Kier alpha value is -0.820. The maximum atomic E-state index is 3.61. The van der Waals surface area contributed by atoms with Crippen LogP contribution in [0.1, 0.15) is 43.4 Å². The fraction of sp³-hybridized carbons (Fsp3) is 0.600. The molecule has 0 atom stereocenters. The van der Waals surface area contributed by atoms with E-state index in [-0.39, 0.29) is 0 Å². The van der Waals surface area contributed by atoms with Crippen LogP contribution in [0.2, 0.25) is 0 Å². The maximum Gasteiger partial charge on any atom is 0.00619 e. The Balaban J connectivity index is 2.42. The van der Waals surface area contributed by atoms with Crippen molar-refractivity contribution < 1.29 is 0 Å². The van der Waals surface area contributed by atoms with Gasteiger partial charge in [0.05, 0.1) is 0 Å². The zero-order valence-corrected chi connectivity index (χ0v) is 11.1. The molecule has 16 heavy (non-hydrogen) atoms. The van der Waals surface area contributed by atoms with Gasteiger partial charge in [-0.15, -0.1) is 0 Å². The number of hydrogen-bond donors (Lipinski definition) is 1. The molecule has 0 saturated heterocycles. The minimum absolute atomic E-state index is 0.686. The van der Waals surface area contributed by atoms with Crippen LogP contribution >= 0.6 is 0 Å². The zero-order valence-electron chi connectivity index (χ0n) is 11.1. The smallest absolute Gasteiger partial charge is 0.00619 e. The molecule has 1 N–H and O–H groups in total. The Bertz CT molecular complexity index is 313.